The van der Waals surface area contributed by atoms with Gasteiger partial charge in [0.1, 0.15) is 16.4 Å². The maximum Gasteiger partial charge on any atom is 0.308 e. The van der Waals surface area contributed by atoms with Crippen LogP contribution in [0.5, 0.6) is 5.75 Å². The van der Waals surface area contributed by atoms with Gasteiger partial charge in [-0.1, -0.05) is 35.1 Å². The zero-order valence-electron chi connectivity index (χ0n) is 14.5. The number of carbonyl (C=O) groups is 1. The average molecular weight is 388 g/mol. The van der Waals surface area contributed by atoms with E-state index in [0.29, 0.717) is 16.5 Å². The van der Waals surface area contributed by atoms with Crippen molar-refractivity contribution in [3.63, 3.8) is 0 Å². The van der Waals surface area contributed by atoms with E-state index in [1.54, 1.807) is 11.3 Å². The lowest BCUT2D eigenvalue weighted by Crippen LogP contribution is -2.03. The molecule has 1 aromatic carbocycles. The number of hydrogen-bond donors (Lipinski definition) is 0. The minimum Gasteiger partial charge on any atom is -0.422 e. The highest BCUT2D eigenvalue weighted by Gasteiger charge is 2.25. The van der Waals surface area contributed by atoms with E-state index < -0.39 is 0 Å². The molecule has 0 spiro atoms. The number of aromatic nitrogens is 3. The first-order chi connectivity index (χ1) is 12.5. The first kappa shape index (κ1) is 17.2. The van der Waals surface area contributed by atoms with E-state index in [9.17, 15) is 4.79 Å². The molecule has 0 aliphatic heterocycles. The van der Waals surface area contributed by atoms with Gasteiger partial charge in [-0.2, -0.15) is 5.10 Å². The first-order valence-electron chi connectivity index (χ1n) is 8.50. The molecule has 0 amide bonds. The van der Waals surface area contributed by atoms with Gasteiger partial charge in [-0.3, -0.25) is 4.79 Å². The Bertz CT molecular complexity index is 958. The van der Waals surface area contributed by atoms with Crippen molar-refractivity contribution in [1.29, 1.82) is 0 Å². The van der Waals surface area contributed by atoms with Crippen LogP contribution >= 0.6 is 22.9 Å². The van der Waals surface area contributed by atoms with Gasteiger partial charge in [-0.15, -0.1) is 0 Å². The summed E-state index contributed by atoms with van der Waals surface area (Å²) in [5.41, 5.74) is 2.27. The largest absolute Gasteiger partial charge is 0.422 e. The van der Waals surface area contributed by atoms with Gasteiger partial charge in [0, 0.05) is 23.9 Å². The third kappa shape index (κ3) is 3.52. The maximum absolute atomic E-state index is 11.6. The Morgan fingerprint density at radius 1 is 1.35 bits per heavy atom. The molecule has 5 nitrogen and oxygen atoms in total. The lowest BCUT2D eigenvalue weighted by Gasteiger charge is -2.08. The Kier molecular flexibility index (Phi) is 4.54. The number of halogens is 1. The molecular weight excluding hydrogens is 370 g/mol. The van der Waals surface area contributed by atoms with Gasteiger partial charge in [0.25, 0.3) is 0 Å². The fourth-order valence-electron chi connectivity index (χ4n) is 2.86. The fourth-order valence-corrected chi connectivity index (χ4v) is 3.98. The first-order valence-corrected chi connectivity index (χ1v) is 9.70. The van der Waals surface area contributed by atoms with Crippen LogP contribution in [-0.4, -0.2) is 20.7 Å². The third-order valence-electron chi connectivity index (χ3n) is 4.28. The summed E-state index contributed by atoms with van der Waals surface area (Å²) in [5.74, 6) is 0.874. The maximum atomic E-state index is 11.6. The fraction of sp³-hybridized carbons (Fsp3) is 0.316. The second kappa shape index (κ2) is 6.85. The van der Waals surface area contributed by atoms with E-state index in [0.717, 1.165) is 33.6 Å². The number of nitrogens with zero attached hydrogens (tertiary/aromatic N) is 3. The molecule has 0 N–H and O–H groups in total. The van der Waals surface area contributed by atoms with E-state index >= 15 is 0 Å². The minimum absolute atomic E-state index is 0.374. The number of rotatable bonds is 5. The Labute approximate surface area is 160 Å². The van der Waals surface area contributed by atoms with Crippen molar-refractivity contribution in [2.24, 2.45) is 5.92 Å². The topological polar surface area (TPSA) is 57.0 Å². The number of benzene rings is 1. The molecule has 0 radical (unpaired) electrons. The van der Waals surface area contributed by atoms with Gasteiger partial charge in [0.2, 0.25) is 0 Å². The van der Waals surface area contributed by atoms with Crippen molar-refractivity contribution in [3.05, 3.63) is 46.2 Å². The monoisotopic (exact) mass is 387 g/mol. The molecule has 134 valence electrons. The van der Waals surface area contributed by atoms with Crippen LogP contribution in [0, 0.1) is 12.8 Å². The second-order valence-electron chi connectivity index (χ2n) is 6.52. The van der Waals surface area contributed by atoms with Crippen LogP contribution in [0.4, 0.5) is 0 Å². The molecule has 0 unspecified atom stereocenters. The van der Waals surface area contributed by atoms with Gasteiger partial charge < -0.3 is 4.74 Å². The van der Waals surface area contributed by atoms with Crippen molar-refractivity contribution in [1.82, 2.24) is 14.8 Å². The second-order valence-corrected chi connectivity index (χ2v) is 8.05. The van der Waals surface area contributed by atoms with Crippen molar-refractivity contribution >= 4 is 28.9 Å². The van der Waals surface area contributed by atoms with Crippen molar-refractivity contribution in [2.45, 2.75) is 33.1 Å². The molecule has 4 rings (SSSR count). The number of esters is 1. The molecule has 0 atom stereocenters. The summed E-state index contributed by atoms with van der Waals surface area (Å²) in [6, 6.07) is 7.42. The lowest BCUT2D eigenvalue weighted by molar-refractivity contribution is -0.131. The van der Waals surface area contributed by atoms with Crippen molar-refractivity contribution < 1.29 is 9.53 Å². The van der Waals surface area contributed by atoms with E-state index in [1.807, 2.05) is 42.1 Å². The Balaban J connectivity index is 1.81. The summed E-state index contributed by atoms with van der Waals surface area (Å²) in [5, 5.41) is 7.29. The van der Waals surface area contributed by atoms with Crippen LogP contribution < -0.4 is 4.74 Å². The predicted molar refractivity (Wildman–Crippen MR) is 102 cm³/mol. The molecule has 2 heterocycles. The minimum atomic E-state index is -0.374. The van der Waals surface area contributed by atoms with Crippen LogP contribution in [-0.2, 0) is 11.2 Å². The predicted octanol–water partition coefficient (Wildman–Crippen LogP) is 4.84. The molecule has 1 saturated carbocycles. The van der Waals surface area contributed by atoms with Crippen LogP contribution in [0.15, 0.2) is 30.5 Å². The highest BCUT2D eigenvalue weighted by atomic mass is 35.5. The van der Waals surface area contributed by atoms with E-state index in [-0.39, 0.29) is 5.97 Å². The molecular formula is C19H18ClN3O2S. The Morgan fingerprint density at radius 3 is 2.73 bits per heavy atom. The molecule has 7 heteroatoms. The van der Waals surface area contributed by atoms with E-state index in [2.05, 4.69) is 10.1 Å². The number of aryl methyl sites for hydroxylation is 1. The molecule has 3 aromatic rings. The van der Waals surface area contributed by atoms with Gasteiger partial charge in [0.15, 0.2) is 5.75 Å². The average Bonchev–Trinajstić information content (AvgIpc) is 3.19. The molecule has 0 saturated heterocycles. The standard InChI is InChI=1S/C19H18ClN3O2S/c1-11-19(25-12(2)24)18(14-5-7-15(20)8-6-14)23(22-11)17-10-21-16(26-17)9-13-3-4-13/h5-8,10,13H,3-4,9H2,1-2H3. The SMILES string of the molecule is CC(=O)Oc1c(C)nn(-c2cnc(CC3CC3)s2)c1-c1ccc(Cl)cc1. The van der Waals surface area contributed by atoms with Crippen LogP contribution in [0.1, 0.15) is 30.5 Å². The number of carbonyl (C=O) groups excluding carboxylic acids is 1. The van der Waals surface area contributed by atoms with Crippen LogP contribution in [0.3, 0.4) is 0 Å². The molecule has 1 aliphatic carbocycles. The molecule has 1 fully saturated rings. The van der Waals surface area contributed by atoms with Gasteiger partial charge in [0.05, 0.1) is 11.2 Å². The molecule has 2 aromatic heterocycles. The lowest BCUT2D eigenvalue weighted by atomic mass is 10.1. The summed E-state index contributed by atoms with van der Waals surface area (Å²) < 4.78 is 7.28. The Hall–Kier alpha value is -2.18. The van der Waals surface area contributed by atoms with E-state index in [4.69, 9.17) is 16.3 Å². The molecule has 1 aliphatic rings. The van der Waals surface area contributed by atoms with Gasteiger partial charge in [-0.25, -0.2) is 9.67 Å². The highest BCUT2D eigenvalue weighted by molar-refractivity contribution is 7.14. The van der Waals surface area contributed by atoms with Crippen LogP contribution in [0.25, 0.3) is 16.3 Å². The molecule has 26 heavy (non-hydrogen) atoms. The van der Waals surface area contributed by atoms with Crippen molar-refractivity contribution in [2.75, 3.05) is 0 Å². The van der Waals surface area contributed by atoms with Gasteiger partial charge >= 0.3 is 5.97 Å². The highest BCUT2D eigenvalue weighted by Crippen LogP contribution is 2.38. The summed E-state index contributed by atoms with van der Waals surface area (Å²) in [4.78, 5) is 16.1. The quantitative estimate of drug-likeness (QED) is 0.588. The van der Waals surface area contributed by atoms with Gasteiger partial charge in [-0.05, 0) is 37.8 Å². The summed E-state index contributed by atoms with van der Waals surface area (Å²) >= 11 is 7.66. The van der Waals surface area contributed by atoms with E-state index in [1.165, 1.54) is 19.8 Å². The summed E-state index contributed by atoms with van der Waals surface area (Å²) in [6.07, 6.45) is 5.45. The zero-order valence-corrected chi connectivity index (χ0v) is 16.1. The summed E-state index contributed by atoms with van der Waals surface area (Å²) in [7, 11) is 0. The van der Waals surface area contributed by atoms with Crippen LogP contribution in [0.2, 0.25) is 5.02 Å². The van der Waals surface area contributed by atoms with Crippen molar-refractivity contribution in [3.8, 4) is 22.0 Å². The normalized spacial score (nSPS) is 13.8. The third-order valence-corrected chi connectivity index (χ3v) is 5.53. The smallest absolute Gasteiger partial charge is 0.308 e. The zero-order chi connectivity index (χ0) is 18.3. The Morgan fingerprint density at radius 2 is 2.08 bits per heavy atom. The number of thiazole rings is 1. The number of hydrogen-bond acceptors (Lipinski definition) is 5. The molecule has 0 bridgehead atoms. The number of ether oxygens (including phenoxy) is 1. The summed E-state index contributed by atoms with van der Waals surface area (Å²) in [6.45, 7) is 3.23.